The van der Waals surface area contributed by atoms with E-state index in [-0.39, 0.29) is 0 Å². The number of hydrogen-bond donors (Lipinski definition) is 2. The fraction of sp³-hybridized carbons (Fsp3) is 0.462. The van der Waals surface area contributed by atoms with Crippen LogP contribution in [-0.4, -0.2) is 24.2 Å². The third-order valence-electron chi connectivity index (χ3n) is 3.31. The second kappa shape index (κ2) is 4.66. The quantitative estimate of drug-likeness (QED) is 0.813. The first kappa shape index (κ1) is 11.1. The maximum absolute atomic E-state index is 11.4. The van der Waals surface area contributed by atoms with Gasteiger partial charge in [0.25, 0.3) is 0 Å². The van der Waals surface area contributed by atoms with Crippen LogP contribution >= 0.6 is 0 Å². The van der Waals surface area contributed by atoms with E-state index in [1.54, 1.807) is 0 Å². The summed E-state index contributed by atoms with van der Waals surface area (Å²) >= 11 is 0. The SMILES string of the molecule is O=C(O)[C@@]1(Cc2ccccc2)CCCNC1. The van der Waals surface area contributed by atoms with Gasteiger partial charge in [0.05, 0.1) is 5.41 Å². The Hall–Kier alpha value is -1.35. The highest BCUT2D eigenvalue weighted by atomic mass is 16.4. The van der Waals surface area contributed by atoms with Crippen molar-refractivity contribution in [2.45, 2.75) is 19.3 Å². The van der Waals surface area contributed by atoms with Gasteiger partial charge >= 0.3 is 5.97 Å². The molecule has 16 heavy (non-hydrogen) atoms. The minimum atomic E-state index is -0.677. The average molecular weight is 219 g/mol. The van der Waals surface area contributed by atoms with E-state index in [9.17, 15) is 9.90 Å². The van der Waals surface area contributed by atoms with Gasteiger partial charge in [-0.1, -0.05) is 30.3 Å². The summed E-state index contributed by atoms with van der Waals surface area (Å²) < 4.78 is 0. The van der Waals surface area contributed by atoms with Crippen molar-refractivity contribution in [3.05, 3.63) is 35.9 Å². The average Bonchev–Trinajstić information content (AvgIpc) is 2.31. The second-order valence-corrected chi connectivity index (χ2v) is 4.53. The van der Waals surface area contributed by atoms with Crippen LogP contribution in [-0.2, 0) is 11.2 Å². The normalized spacial score (nSPS) is 25.2. The summed E-state index contributed by atoms with van der Waals surface area (Å²) in [7, 11) is 0. The molecular formula is C13H17NO2. The molecule has 0 bridgehead atoms. The summed E-state index contributed by atoms with van der Waals surface area (Å²) in [5.41, 5.74) is 0.494. The smallest absolute Gasteiger partial charge is 0.311 e. The Kier molecular flexibility index (Phi) is 3.25. The van der Waals surface area contributed by atoms with Crippen LogP contribution < -0.4 is 5.32 Å². The number of aliphatic carboxylic acids is 1. The van der Waals surface area contributed by atoms with Gasteiger partial charge in [0.1, 0.15) is 0 Å². The van der Waals surface area contributed by atoms with Crippen molar-refractivity contribution in [2.24, 2.45) is 5.41 Å². The molecule has 0 radical (unpaired) electrons. The van der Waals surface area contributed by atoms with Crippen LogP contribution in [0, 0.1) is 5.41 Å². The van der Waals surface area contributed by atoms with Crippen LogP contribution in [0.15, 0.2) is 30.3 Å². The summed E-state index contributed by atoms with van der Waals surface area (Å²) in [4.78, 5) is 11.4. The summed E-state index contributed by atoms with van der Waals surface area (Å²) in [6.45, 7) is 1.51. The first-order chi connectivity index (χ1) is 7.73. The zero-order chi connectivity index (χ0) is 11.4. The van der Waals surface area contributed by atoms with Gasteiger partial charge in [0.2, 0.25) is 0 Å². The highest BCUT2D eigenvalue weighted by molar-refractivity contribution is 5.75. The molecule has 0 saturated carbocycles. The van der Waals surface area contributed by atoms with Crippen LogP contribution in [0.25, 0.3) is 0 Å². The van der Waals surface area contributed by atoms with Crippen LogP contribution in [0.4, 0.5) is 0 Å². The standard InChI is InChI=1S/C13H17NO2/c15-12(16)13(7-4-8-14-10-13)9-11-5-2-1-3-6-11/h1-3,5-6,14H,4,7-10H2,(H,15,16)/t13-/m1/s1. The zero-order valence-corrected chi connectivity index (χ0v) is 9.28. The van der Waals surface area contributed by atoms with Gasteiger partial charge in [-0.2, -0.15) is 0 Å². The Morgan fingerprint density at radius 3 is 2.69 bits per heavy atom. The minimum Gasteiger partial charge on any atom is -0.481 e. The molecular weight excluding hydrogens is 202 g/mol. The number of piperidine rings is 1. The Morgan fingerprint density at radius 1 is 1.38 bits per heavy atom. The molecule has 1 aromatic carbocycles. The number of carbonyl (C=O) groups is 1. The molecule has 0 unspecified atom stereocenters. The van der Waals surface area contributed by atoms with Gasteiger partial charge in [0, 0.05) is 6.54 Å². The Bertz CT molecular complexity index is 355. The Balaban J connectivity index is 2.17. The predicted molar refractivity (Wildman–Crippen MR) is 62.3 cm³/mol. The summed E-state index contributed by atoms with van der Waals surface area (Å²) in [6.07, 6.45) is 2.33. The van der Waals surface area contributed by atoms with Crippen molar-refractivity contribution in [2.75, 3.05) is 13.1 Å². The highest BCUT2D eigenvalue weighted by Crippen LogP contribution is 2.30. The fourth-order valence-corrected chi connectivity index (χ4v) is 2.36. The molecule has 2 N–H and O–H groups in total. The molecule has 86 valence electrons. The van der Waals surface area contributed by atoms with Crippen LogP contribution in [0.1, 0.15) is 18.4 Å². The molecule has 3 heteroatoms. The molecule has 1 saturated heterocycles. The van der Waals surface area contributed by atoms with Crippen LogP contribution in [0.2, 0.25) is 0 Å². The third-order valence-corrected chi connectivity index (χ3v) is 3.31. The second-order valence-electron chi connectivity index (χ2n) is 4.53. The number of rotatable bonds is 3. The predicted octanol–water partition coefficient (Wildman–Crippen LogP) is 1.68. The van der Waals surface area contributed by atoms with E-state index in [4.69, 9.17) is 0 Å². The van der Waals surface area contributed by atoms with Crippen LogP contribution in [0.3, 0.4) is 0 Å². The lowest BCUT2D eigenvalue weighted by Crippen LogP contribution is -2.46. The Morgan fingerprint density at radius 2 is 2.12 bits per heavy atom. The lowest BCUT2D eigenvalue weighted by Gasteiger charge is -2.33. The van der Waals surface area contributed by atoms with E-state index in [2.05, 4.69) is 5.32 Å². The van der Waals surface area contributed by atoms with E-state index >= 15 is 0 Å². The lowest BCUT2D eigenvalue weighted by atomic mass is 9.76. The van der Waals surface area contributed by atoms with Gasteiger partial charge in [-0.05, 0) is 31.4 Å². The molecule has 0 amide bonds. The lowest BCUT2D eigenvalue weighted by molar-refractivity contribution is -0.150. The summed E-state index contributed by atoms with van der Waals surface area (Å²) in [6, 6.07) is 9.87. The number of carboxylic acids is 1. The molecule has 2 rings (SSSR count). The number of nitrogens with one attached hydrogen (secondary N) is 1. The molecule has 0 aliphatic carbocycles. The molecule has 0 aromatic heterocycles. The van der Waals surface area contributed by atoms with E-state index in [0.29, 0.717) is 13.0 Å². The van der Waals surface area contributed by atoms with E-state index in [1.807, 2.05) is 30.3 Å². The molecule has 1 atom stereocenters. The van der Waals surface area contributed by atoms with Crippen molar-refractivity contribution in [1.82, 2.24) is 5.32 Å². The molecule has 1 aliphatic rings. The Labute approximate surface area is 95.5 Å². The van der Waals surface area contributed by atoms with Crippen LogP contribution in [0.5, 0.6) is 0 Å². The third kappa shape index (κ3) is 2.25. The number of hydrogen-bond acceptors (Lipinski definition) is 2. The molecule has 1 fully saturated rings. The minimum absolute atomic E-state index is 0.581. The largest absolute Gasteiger partial charge is 0.481 e. The van der Waals surface area contributed by atoms with E-state index in [1.165, 1.54) is 0 Å². The van der Waals surface area contributed by atoms with Crippen molar-refractivity contribution in [3.63, 3.8) is 0 Å². The van der Waals surface area contributed by atoms with Gasteiger partial charge in [-0.15, -0.1) is 0 Å². The fourth-order valence-electron chi connectivity index (χ4n) is 2.36. The first-order valence-corrected chi connectivity index (χ1v) is 5.71. The van der Waals surface area contributed by atoms with E-state index < -0.39 is 11.4 Å². The van der Waals surface area contributed by atoms with Crippen molar-refractivity contribution in [1.29, 1.82) is 0 Å². The molecule has 1 aliphatic heterocycles. The van der Waals surface area contributed by atoms with Crippen molar-refractivity contribution in [3.8, 4) is 0 Å². The first-order valence-electron chi connectivity index (χ1n) is 5.71. The molecule has 1 aromatic rings. The maximum Gasteiger partial charge on any atom is 0.311 e. The van der Waals surface area contributed by atoms with Gasteiger partial charge in [-0.3, -0.25) is 4.79 Å². The van der Waals surface area contributed by atoms with Gasteiger partial charge < -0.3 is 10.4 Å². The number of benzene rings is 1. The highest BCUT2D eigenvalue weighted by Gasteiger charge is 2.39. The van der Waals surface area contributed by atoms with Gasteiger partial charge in [-0.25, -0.2) is 0 Å². The molecule has 1 heterocycles. The van der Waals surface area contributed by atoms with Crippen molar-refractivity contribution < 1.29 is 9.90 Å². The van der Waals surface area contributed by atoms with Crippen molar-refractivity contribution >= 4 is 5.97 Å². The summed E-state index contributed by atoms with van der Waals surface area (Å²) in [5, 5.41) is 12.6. The molecule has 0 spiro atoms. The summed E-state index contributed by atoms with van der Waals surface area (Å²) in [5.74, 6) is -0.677. The number of carboxylic acid groups (broad SMARTS) is 1. The monoisotopic (exact) mass is 219 g/mol. The maximum atomic E-state index is 11.4. The zero-order valence-electron chi connectivity index (χ0n) is 9.28. The van der Waals surface area contributed by atoms with E-state index in [0.717, 1.165) is 24.9 Å². The van der Waals surface area contributed by atoms with Gasteiger partial charge in [0.15, 0.2) is 0 Å². The molecule has 3 nitrogen and oxygen atoms in total. The topological polar surface area (TPSA) is 49.3 Å².